The third-order valence-corrected chi connectivity index (χ3v) is 4.28. The van der Waals surface area contributed by atoms with E-state index in [1.807, 2.05) is 17.5 Å². The predicted molar refractivity (Wildman–Crippen MR) is 77.7 cm³/mol. The minimum Gasteiger partial charge on any atom is -0.497 e. The van der Waals surface area contributed by atoms with Gasteiger partial charge < -0.3 is 9.64 Å². The molecule has 0 radical (unpaired) electrons. The van der Waals surface area contributed by atoms with Crippen molar-refractivity contribution in [3.8, 4) is 5.75 Å². The van der Waals surface area contributed by atoms with E-state index in [0.29, 0.717) is 23.5 Å². The maximum Gasteiger partial charge on any atom is 0.299 e. The van der Waals surface area contributed by atoms with E-state index in [2.05, 4.69) is 0 Å². The van der Waals surface area contributed by atoms with E-state index >= 15 is 0 Å². The van der Waals surface area contributed by atoms with Gasteiger partial charge in [0.05, 0.1) is 18.4 Å². The third kappa shape index (κ3) is 2.10. The Labute approximate surface area is 120 Å². The molecular weight excluding hydrogens is 274 g/mol. The van der Waals surface area contributed by atoms with E-state index in [0.717, 1.165) is 6.42 Å². The van der Waals surface area contributed by atoms with E-state index in [-0.39, 0.29) is 0 Å². The minimum absolute atomic E-state index is 0.436. The van der Waals surface area contributed by atoms with Crippen molar-refractivity contribution in [3.05, 3.63) is 46.2 Å². The number of anilines is 1. The standard InChI is InChI=1S/C15H13NO3S/c1-19-10-4-5-12-13(9-10)16(15(18)14(12)17)7-6-11-3-2-8-20-11/h2-5,8-9H,6-7H2,1H3. The van der Waals surface area contributed by atoms with Crippen molar-refractivity contribution >= 4 is 28.7 Å². The molecule has 0 saturated carbocycles. The molecule has 0 bridgehead atoms. The molecule has 102 valence electrons. The van der Waals surface area contributed by atoms with Crippen molar-refractivity contribution in [1.82, 2.24) is 0 Å². The number of carbonyl (C=O) groups is 2. The summed E-state index contributed by atoms with van der Waals surface area (Å²) in [5.41, 5.74) is 1.11. The number of carbonyl (C=O) groups excluding carboxylic acids is 2. The van der Waals surface area contributed by atoms with Crippen molar-refractivity contribution in [3.63, 3.8) is 0 Å². The molecule has 1 aromatic heterocycles. The quantitative estimate of drug-likeness (QED) is 0.812. The van der Waals surface area contributed by atoms with Crippen molar-refractivity contribution < 1.29 is 14.3 Å². The zero-order valence-corrected chi connectivity index (χ0v) is 11.8. The number of benzene rings is 1. The van der Waals surface area contributed by atoms with E-state index in [4.69, 9.17) is 4.74 Å². The number of fused-ring (bicyclic) bond motifs is 1. The van der Waals surface area contributed by atoms with Crippen LogP contribution in [0.3, 0.4) is 0 Å². The molecule has 1 aliphatic rings. The first kappa shape index (κ1) is 12.9. The van der Waals surface area contributed by atoms with Crippen LogP contribution in [0, 0.1) is 0 Å². The number of amides is 1. The van der Waals surface area contributed by atoms with Gasteiger partial charge in [-0.15, -0.1) is 11.3 Å². The maximum absolute atomic E-state index is 12.1. The summed E-state index contributed by atoms with van der Waals surface area (Å²) in [7, 11) is 1.57. The van der Waals surface area contributed by atoms with Crippen LogP contribution in [0.1, 0.15) is 15.2 Å². The zero-order valence-electron chi connectivity index (χ0n) is 11.0. The summed E-state index contributed by atoms with van der Waals surface area (Å²) >= 11 is 1.65. The number of rotatable bonds is 4. The number of nitrogens with zero attached hydrogens (tertiary/aromatic N) is 1. The Morgan fingerprint density at radius 3 is 2.80 bits per heavy atom. The normalized spacial score (nSPS) is 13.8. The SMILES string of the molecule is COc1ccc2c(c1)N(CCc1cccs1)C(=O)C2=O. The molecule has 1 aliphatic heterocycles. The van der Waals surface area contributed by atoms with Crippen molar-refractivity contribution in [2.75, 3.05) is 18.6 Å². The van der Waals surface area contributed by atoms with E-state index < -0.39 is 11.7 Å². The lowest BCUT2D eigenvalue weighted by molar-refractivity contribution is -0.114. The first-order chi connectivity index (χ1) is 9.70. The molecule has 0 unspecified atom stereocenters. The van der Waals surface area contributed by atoms with Crippen LogP contribution in [-0.4, -0.2) is 25.3 Å². The fraction of sp³-hybridized carbons (Fsp3) is 0.200. The Morgan fingerprint density at radius 1 is 1.25 bits per heavy atom. The maximum atomic E-state index is 12.1. The molecule has 0 atom stereocenters. The number of thiophene rings is 1. The first-order valence-corrected chi connectivity index (χ1v) is 7.15. The number of methoxy groups -OCH3 is 1. The number of ketones is 1. The highest BCUT2D eigenvalue weighted by molar-refractivity contribution is 7.09. The summed E-state index contributed by atoms with van der Waals surface area (Å²) < 4.78 is 5.16. The minimum atomic E-state index is -0.454. The van der Waals surface area contributed by atoms with Crippen LogP contribution >= 0.6 is 11.3 Å². The predicted octanol–water partition coefficient (Wildman–Crippen LogP) is 2.53. The van der Waals surface area contributed by atoms with Crippen LogP contribution in [0.2, 0.25) is 0 Å². The highest BCUT2D eigenvalue weighted by atomic mass is 32.1. The lowest BCUT2D eigenvalue weighted by Gasteiger charge is -2.16. The third-order valence-electron chi connectivity index (χ3n) is 3.34. The van der Waals surface area contributed by atoms with Gasteiger partial charge in [-0.05, 0) is 30.0 Å². The van der Waals surface area contributed by atoms with Gasteiger partial charge >= 0.3 is 0 Å². The molecule has 5 heteroatoms. The Hall–Kier alpha value is -2.14. The van der Waals surface area contributed by atoms with E-state index in [9.17, 15) is 9.59 Å². The summed E-state index contributed by atoms with van der Waals surface area (Å²) in [5, 5.41) is 2.00. The average Bonchev–Trinajstić information content (AvgIpc) is 3.06. The molecule has 1 aromatic carbocycles. The van der Waals surface area contributed by atoms with Gasteiger partial charge in [-0.3, -0.25) is 9.59 Å². The largest absolute Gasteiger partial charge is 0.497 e. The molecule has 0 spiro atoms. The fourth-order valence-corrected chi connectivity index (χ4v) is 3.00. The van der Waals surface area contributed by atoms with Gasteiger partial charge in [0.2, 0.25) is 0 Å². The Balaban J connectivity index is 1.88. The number of ether oxygens (including phenoxy) is 1. The second-order valence-electron chi connectivity index (χ2n) is 4.50. The Bertz CT molecular complexity index is 664. The fourth-order valence-electron chi connectivity index (χ4n) is 2.30. The monoisotopic (exact) mass is 287 g/mol. The van der Waals surface area contributed by atoms with Gasteiger partial charge in [0.1, 0.15) is 5.75 Å². The van der Waals surface area contributed by atoms with Crippen LogP contribution in [-0.2, 0) is 11.2 Å². The average molecular weight is 287 g/mol. The summed E-state index contributed by atoms with van der Waals surface area (Å²) in [6.07, 6.45) is 0.743. The second kappa shape index (κ2) is 5.09. The van der Waals surface area contributed by atoms with Gasteiger partial charge in [-0.1, -0.05) is 6.07 Å². The molecule has 1 amide bonds. The number of Topliss-reactive ketones (excluding diaryl/α,β-unsaturated/α-hetero) is 1. The molecule has 0 saturated heterocycles. The molecule has 3 rings (SSSR count). The highest BCUT2D eigenvalue weighted by Gasteiger charge is 2.35. The second-order valence-corrected chi connectivity index (χ2v) is 5.53. The zero-order chi connectivity index (χ0) is 14.1. The number of hydrogen-bond acceptors (Lipinski definition) is 4. The van der Waals surface area contributed by atoms with Gasteiger partial charge in [-0.25, -0.2) is 0 Å². The van der Waals surface area contributed by atoms with Crippen LogP contribution in [0.4, 0.5) is 5.69 Å². The van der Waals surface area contributed by atoms with Crippen molar-refractivity contribution in [1.29, 1.82) is 0 Å². The van der Waals surface area contributed by atoms with Crippen molar-refractivity contribution in [2.24, 2.45) is 0 Å². The molecule has 0 fully saturated rings. The highest BCUT2D eigenvalue weighted by Crippen LogP contribution is 2.32. The van der Waals surface area contributed by atoms with Crippen LogP contribution in [0.25, 0.3) is 0 Å². The van der Waals surface area contributed by atoms with Gasteiger partial charge in [0.25, 0.3) is 11.7 Å². The van der Waals surface area contributed by atoms with E-state index in [1.165, 1.54) is 4.88 Å². The van der Waals surface area contributed by atoms with Crippen molar-refractivity contribution in [2.45, 2.75) is 6.42 Å². The lowest BCUT2D eigenvalue weighted by Crippen LogP contribution is -2.31. The van der Waals surface area contributed by atoms with Crippen LogP contribution in [0.5, 0.6) is 5.75 Å². The smallest absolute Gasteiger partial charge is 0.299 e. The molecule has 0 N–H and O–H groups in total. The van der Waals surface area contributed by atoms with Crippen LogP contribution in [0.15, 0.2) is 35.7 Å². The van der Waals surface area contributed by atoms with Gasteiger partial charge in [0, 0.05) is 17.5 Å². The molecule has 2 aromatic rings. The molecule has 0 aliphatic carbocycles. The van der Waals surface area contributed by atoms with E-state index in [1.54, 1.807) is 41.5 Å². The Morgan fingerprint density at radius 2 is 2.10 bits per heavy atom. The summed E-state index contributed by atoms with van der Waals surface area (Å²) in [4.78, 5) is 26.7. The van der Waals surface area contributed by atoms with Crippen LogP contribution < -0.4 is 9.64 Å². The molecular formula is C15H13NO3S. The topological polar surface area (TPSA) is 46.6 Å². The van der Waals surface area contributed by atoms with Gasteiger partial charge in [0.15, 0.2) is 0 Å². The first-order valence-electron chi connectivity index (χ1n) is 6.27. The Kier molecular flexibility index (Phi) is 3.28. The molecule has 4 nitrogen and oxygen atoms in total. The summed E-state index contributed by atoms with van der Waals surface area (Å²) in [6.45, 7) is 0.505. The molecule has 2 heterocycles. The molecule has 20 heavy (non-hydrogen) atoms. The van der Waals surface area contributed by atoms with Gasteiger partial charge in [-0.2, -0.15) is 0 Å². The summed E-state index contributed by atoms with van der Waals surface area (Å²) in [6, 6.07) is 9.10. The summed E-state index contributed by atoms with van der Waals surface area (Å²) in [5.74, 6) is -0.244. The number of hydrogen-bond donors (Lipinski definition) is 0. The lowest BCUT2D eigenvalue weighted by atomic mass is 10.1.